The second-order valence-corrected chi connectivity index (χ2v) is 29.7. The summed E-state index contributed by atoms with van der Waals surface area (Å²) in [5.41, 5.74) is 34.9. The Balaban J connectivity index is 0.807. The summed E-state index contributed by atoms with van der Waals surface area (Å²) in [6.45, 7) is 9.68. The smallest absolute Gasteiger partial charge is 0.0714 e. The van der Waals surface area contributed by atoms with Crippen LogP contribution in [0.4, 0.5) is 39.8 Å². The number of para-hydroxylation sites is 1. The third kappa shape index (κ3) is 8.47. The zero-order chi connectivity index (χ0) is 67.3. The summed E-state index contributed by atoms with van der Waals surface area (Å²) in [5, 5.41) is 0. The zero-order valence-corrected chi connectivity index (χ0v) is 57.3. The molecule has 13 aromatic carbocycles. The number of anilines is 7. The minimum Gasteiger partial charge on any atom is -0.333 e. The van der Waals surface area contributed by atoms with Gasteiger partial charge in [0.15, 0.2) is 0 Å². The summed E-state index contributed by atoms with van der Waals surface area (Å²) in [5.74, 6) is -0.0586. The molecule has 0 amide bonds. The molecule has 0 aromatic heterocycles. The Morgan fingerprint density at radius 1 is 0.327 bits per heavy atom. The van der Waals surface area contributed by atoms with Gasteiger partial charge in [-0.1, -0.05) is 289 Å². The van der Waals surface area contributed by atoms with Crippen molar-refractivity contribution in [3.8, 4) is 33.4 Å². The summed E-state index contributed by atoms with van der Waals surface area (Å²) in [4.78, 5) is 7.76. The number of hydrogen-bond donors (Lipinski definition) is 0. The molecule has 20 rings (SSSR count). The number of benzene rings is 13. The van der Waals surface area contributed by atoms with E-state index in [1.807, 2.05) is 0 Å². The lowest BCUT2D eigenvalue weighted by molar-refractivity contribution is 0.654. The summed E-state index contributed by atoms with van der Waals surface area (Å²) < 4.78 is 0. The van der Waals surface area contributed by atoms with Crippen LogP contribution >= 0.6 is 0 Å². The van der Waals surface area contributed by atoms with Gasteiger partial charge in [0.2, 0.25) is 0 Å². The van der Waals surface area contributed by atoms with E-state index in [0.717, 1.165) is 47.0 Å². The van der Waals surface area contributed by atoms with Gasteiger partial charge in [-0.3, -0.25) is 0 Å². The Hall–Kier alpha value is -11.8. The van der Waals surface area contributed by atoms with Crippen LogP contribution in [0.2, 0.25) is 0 Å². The zero-order valence-electron chi connectivity index (χ0n) is 57.3. The molecule has 0 spiro atoms. The van der Waals surface area contributed by atoms with E-state index in [1.54, 1.807) is 0 Å². The molecule has 3 nitrogen and oxygen atoms in total. The second kappa shape index (κ2) is 22.4. The lowest BCUT2D eigenvalue weighted by Gasteiger charge is -2.36. The highest BCUT2D eigenvalue weighted by molar-refractivity contribution is 5.95. The number of hydrogen-bond acceptors (Lipinski definition) is 3. The first-order valence-electron chi connectivity index (χ1n) is 36.1. The largest absolute Gasteiger partial charge is 0.333 e. The third-order valence-electron chi connectivity index (χ3n) is 23.9. The Kier molecular flexibility index (Phi) is 13.1. The number of rotatable bonds is 11. The summed E-state index contributed by atoms with van der Waals surface area (Å²) >= 11 is 0. The standard InChI is InChI=1S/C98H75N3/c1-95(2)85-42-24-20-38-75(85)79-52-46-71(60-89(79)95)99(73-48-54-81-77-40-22-26-44-87(77)97(91(81)62-73,64-28-10-5-11-29-64)65-30-12-6-13-31-65)69-50-56-93-83(58-69)84-59-70(51-57-94(84)101(93)68-36-18-9-19-37-68)100(72-47-53-80-76-39-21-25-43-86(76)96(3,4)90(80)61-72)74-49-55-82-78-41-23-27-45-88(78)98(92(82)63-74,66-32-14-7-15-33-66)67-34-16-8-17-35-67/h5-20,22-24,26-63,84,94H,21,25H2,1-4H3. The van der Waals surface area contributed by atoms with Crippen LogP contribution in [0.5, 0.6) is 0 Å². The van der Waals surface area contributed by atoms with E-state index in [2.05, 4.69) is 388 Å². The van der Waals surface area contributed by atoms with Crippen molar-refractivity contribution in [1.82, 2.24) is 0 Å². The van der Waals surface area contributed by atoms with Crippen LogP contribution in [0.1, 0.15) is 119 Å². The molecule has 2 unspecified atom stereocenters. The SMILES string of the molecule is CC1(C)C2=CCCC=C2c2ccc(N(C3=CC4c5cc(N(c6ccc7c(c6)C(C)(C)c6ccccc6-7)c6ccc7c(c6)C(c6ccccc6)(c6ccccc6)c6ccccc6-7)ccc5N(c5ccccc5)C4C=C3)c3ccc4c(c3)C(c3ccccc3)(c3ccccc3)c3ccccc3-4)cc21. The van der Waals surface area contributed by atoms with Gasteiger partial charge in [-0.25, -0.2) is 0 Å². The first kappa shape index (κ1) is 59.3. The van der Waals surface area contributed by atoms with Gasteiger partial charge in [0.05, 0.1) is 16.9 Å². The molecule has 1 heterocycles. The molecule has 3 heteroatoms. The first-order valence-corrected chi connectivity index (χ1v) is 36.1. The molecular weight excluding hydrogens is 1220 g/mol. The van der Waals surface area contributed by atoms with Crippen LogP contribution in [-0.2, 0) is 21.7 Å². The van der Waals surface area contributed by atoms with Gasteiger partial charge in [-0.05, 0) is 215 Å². The molecule has 101 heavy (non-hydrogen) atoms. The Morgan fingerprint density at radius 3 is 1.24 bits per heavy atom. The monoisotopic (exact) mass is 1290 g/mol. The Morgan fingerprint density at radius 2 is 0.713 bits per heavy atom. The molecule has 6 aliphatic carbocycles. The number of allylic oxidation sites excluding steroid dienone is 5. The molecule has 0 N–H and O–H groups in total. The number of nitrogens with zero attached hydrogens (tertiary/aromatic N) is 3. The van der Waals surface area contributed by atoms with Crippen LogP contribution in [-0.4, -0.2) is 6.04 Å². The predicted molar refractivity (Wildman–Crippen MR) is 419 cm³/mol. The molecule has 0 saturated carbocycles. The van der Waals surface area contributed by atoms with E-state index in [0.29, 0.717) is 0 Å². The Bertz CT molecular complexity index is 5600. The molecule has 0 fully saturated rings. The van der Waals surface area contributed by atoms with Crippen molar-refractivity contribution >= 4 is 45.4 Å². The highest BCUT2D eigenvalue weighted by atomic mass is 15.2. The maximum Gasteiger partial charge on any atom is 0.0714 e. The van der Waals surface area contributed by atoms with E-state index in [-0.39, 0.29) is 22.8 Å². The summed E-state index contributed by atoms with van der Waals surface area (Å²) in [6, 6.07) is 120. The normalized spacial score (nSPS) is 17.9. The van der Waals surface area contributed by atoms with Crippen molar-refractivity contribution in [3.63, 3.8) is 0 Å². The van der Waals surface area contributed by atoms with Gasteiger partial charge < -0.3 is 14.7 Å². The van der Waals surface area contributed by atoms with Crippen LogP contribution in [0.25, 0.3) is 39.0 Å². The molecule has 0 radical (unpaired) electrons. The van der Waals surface area contributed by atoms with Gasteiger partial charge in [0.1, 0.15) is 0 Å². The molecule has 1 aliphatic heterocycles. The quantitative estimate of drug-likeness (QED) is 0.128. The highest BCUT2D eigenvalue weighted by Crippen LogP contribution is 2.62. The van der Waals surface area contributed by atoms with Gasteiger partial charge in [0, 0.05) is 62.3 Å². The maximum absolute atomic E-state index is 2.61. The fraction of sp³-hybridized carbons (Fsp3) is 0.122. The fourth-order valence-corrected chi connectivity index (χ4v) is 19.5. The molecule has 7 aliphatic rings. The van der Waals surface area contributed by atoms with Crippen molar-refractivity contribution < 1.29 is 0 Å². The van der Waals surface area contributed by atoms with Crippen molar-refractivity contribution in [3.05, 3.63) is 429 Å². The van der Waals surface area contributed by atoms with Gasteiger partial charge in [0.25, 0.3) is 0 Å². The number of fused-ring (bicyclic) bond motifs is 15. The van der Waals surface area contributed by atoms with E-state index < -0.39 is 10.8 Å². The van der Waals surface area contributed by atoms with Crippen molar-refractivity contribution in [2.24, 2.45) is 0 Å². The minimum absolute atomic E-state index is 0.0175. The summed E-state index contributed by atoms with van der Waals surface area (Å²) in [6.07, 6.45) is 14.7. The fourth-order valence-electron chi connectivity index (χ4n) is 19.5. The van der Waals surface area contributed by atoms with Crippen LogP contribution < -0.4 is 14.7 Å². The highest BCUT2D eigenvalue weighted by Gasteiger charge is 2.50. The van der Waals surface area contributed by atoms with Crippen molar-refractivity contribution in [2.75, 3.05) is 14.7 Å². The maximum atomic E-state index is 2.61. The topological polar surface area (TPSA) is 9.72 Å². The average molecular weight is 1290 g/mol. The first-order chi connectivity index (χ1) is 49.6. The third-order valence-corrected chi connectivity index (χ3v) is 23.9. The molecule has 0 bridgehead atoms. The lowest BCUT2D eigenvalue weighted by atomic mass is 9.67. The Labute approximate surface area is 593 Å². The van der Waals surface area contributed by atoms with Gasteiger partial charge in [-0.2, -0.15) is 0 Å². The lowest BCUT2D eigenvalue weighted by Crippen LogP contribution is -2.31. The van der Waals surface area contributed by atoms with E-state index >= 15 is 0 Å². The van der Waals surface area contributed by atoms with Crippen LogP contribution in [0.3, 0.4) is 0 Å². The van der Waals surface area contributed by atoms with Crippen molar-refractivity contribution in [2.45, 2.75) is 74.2 Å². The molecule has 2 atom stereocenters. The van der Waals surface area contributed by atoms with Gasteiger partial charge in [-0.15, -0.1) is 0 Å². The predicted octanol–water partition coefficient (Wildman–Crippen LogP) is 24.5. The molecule has 13 aromatic rings. The van der Waals surface area contributed by atoms with E-state index in [1.165, 1.54) is 128 Å². The van der Waals surface area contributed by atoms with Crippen molar-refractivity contribution in [1.29, 1.82) is 0 Å². The van der Waals surface area contributed by atoms with E-state index in [9.17, 15) is 0 Å². The molecule has 0 saturated heterocycles. The molecule has 482 valence electrons. The van der Waals surface area contributed by atoms with Crippen LogP contribution in [0, 0.1) is 0 Å². The second-order valence-electron chi connectivity index (χ2n) is 29.7. The molecular formula is C98H75N3. The van der Waals surface area contributed by atoms with Gasteiger partial charge >= 0.3 is 0 Å². The summed E-state index contributed by atoms with van der Waals surface area (Å²) in [7, 11) is 0. The minimum atomic E-state index is -0.588. The average Bonchev–Trinajstić information content (AvgIpc) is 1.56. The van der Waals surface area contributed by atoms with E-state index in [4.69, 9.17) is 0 Å². The van der Waals surface area contributed by atoms with Crippen LogP contribution in [0.15, 0.2) is 357 Å².